The lowest BCUT2D eigenvalue weighted by Crippen LogP contribution is -2.46. The number of piperidine rings is 1. The van der Waals surface area contributed by atoms with Gasteiger partial charge in [-0.15, -0.1) is 5.10 Å². The van der Waals surface area contributed by atoms with Gasteiger partial charge in [0.15, 0.2) is 5.82 Å². The van der Waals surface area contributed by atoms with Gasteiger partial charge in [0.1, 0.15) is 6.54 Å². The molecular formula is C13H20N6O2. The third-order valence-electron chi connectivity index (χ3n) is 3.85. The van der Waals surface area contributed by atoms with Crippen molar-refractivity contribution >= 4 is 17.6 Å². The molecule has 1 unspecified atom stereocenters. The van der Waals surface area contributed by atoms with Crippen LogP contribution in [0.5, 0.6) is 0 Å². The first-order valence-electron chi connectivity index (χ1n) is 7.36. The maximum Gasteiger partial charge on any atom is 0.244 e. The number of hydrogen-bond acceptors (Lipinski definition) is 5. The zero-order valence-electron chi connectivity index (χ0n) is 11.9. The number of nitrogens with zero attached hydrogens (tertiary/aromatic N) is 4. The first-order chi connectivity index (χ1) is 10.1. The fourth-order valence-electron chi connectivity index (χ4n) is 2.48. The topological polar surface area (TPSA) is 106 Å². The van der Waals surface area contributed by atoms with Crippen molar-refractivity contribution in [2.75, 3.05) is 18.4 Å². The van der Waals surface area contributed by atoms with E-state index in [-0.39, 0.29) is 30.3 Å². The minimum absolute atomic E-state index is 0.0182. The lowest BCUT2D eigenvalue weighted by Gasteiger charge is -2.30. The van der Waals surface area contributed by atoms with Crippen LogP contribution < -0.4 is 11.1 Å². The molecule has 0 radical (unpaired) electrons. The second-order valence-corrected chi connectivity index (χ2v) is 5.81. The van der Waals surface area contributed by atoms with Crippen molar-refractivity contribution in [3.63, 3.8) is 0 Å². The third kappa shape index (κ3) is 3.57. The van der Waals surface area contributed by atoms with Gasteiger partial charge in [0.05, 0.1) is 6.20 Å². The second kappa shape index (κ2) is 5.80. The van der Waals surface area contributed by atoms with Crippen LogP contribution in [0.3, 0.4) is 0 Å². The first-order valence-corrected chi connectivity index (χ1v) is 7.36. The van der Waals surface area contributed by atoms with Gasteiger partial charge in [0, 0.05) is 25.0 Å². The number of nitrogens with two attached hydrogens (primary N) is 1. The predicted molar refractivity (Wildman–Crippen MR) is 75.2 cm³/mol. The summed E-state index contributed by atoms with van der Waals surface area (Å²) in [6.07, 6.45) is 5.36. The number of aromatic nitrogens is 3. The van der Waals surface area contributed by atoms with Crippen LogP contribution in [0, 0.1) is 5.92 Å². The normalized spacial score (nSPS) is 22.1. The molecule has 2 fully saturated rings. The Balaban J connectivity index is 1.53. The van der Waals surface area contributed by atoms with Crippen LogP contribution in [-0.4, -0.2) is 50.8 Å². The molecule has 0 aromatic carbocycles. The molecule has 1 atom stereocenters. The van der Waals surface area contributed by atoms with Gasteiger partial charge < -0.3 is 16.0 Å². The van der Waals surface area contributed by atoms with Crippen molar-refractivity contribution in [3.05, 3.63) is 6.20 Å². The van der Waals surface area contributed by atoms with E-state index in [4.69, 9.17) is 5.73 Å². The van der Waals surface area contributed by atoms with Gasteiger partial charge in [-0.1, -0.05) is 5.21 Å². The van der Waals surface area contributed by atoms with E-state index >= 15 is 0 Å². The molecule has 1 aromatic heterocycles. The van der Waals surface area contributed by atoms with E-state index < -0.39 is 0 Å². The van der Waals surface area contributed by atoms with Crippen LogP contribution in [0.2, 0.25) is 0 Å². The molecule has 1 saturated carbocycles. The summed E-state index contributed by atoms with van der Waals surface area (Å²) in [5.41, 5.74) is 5.87. The second-order valence-electron chi connectivity index (χ2n) is 5.81. The largest absolute Gasteiger partial charge is 0.340 e. The van der Waals surface area contributed by atoms with E-state index in [0.717, 1.165) is 32.2 Å². The standard InChI is InChI=1S/C13H20N6O2/c14-10-2-1-5-18(6-10)12(20)8-19-7-11(16-17-19)15-13(21)9-3-4-9/h7,9-10H,1-6,8,14H2,(H,15,21). The van der Waals surface area contributed by atoms with Crippen molar-refractivity contribution in [3.8, 4) is 0 Å². The summed E-state index contributed by atoms with van der Waals surface area (Å²) in [5.74, 6) is 0.479. The number of carbonyl (C=O) groups is 2. The highest BCUT2D eigenvalue weighted by Gasteiger charge is 2.30. The molecule has 1 aliphatic heterocycles. The molecule has 2 amide bonds. The van der Waals surface area contributed by atoms with Crippen LogP contribution >= 0.6 is 0 Å². The molecule has 21 heavy (non-hydrogen) atoms. The maximum absolute atomic E-state index is 12.2. The molecule has 0 spiro atoms. The average Bonchev–Trinajstić information content (AvgIpc) is 3.22. The highest BCUT2D eigenvalue weighted by Crippen LogP contribution is 2.29. The summed E-state index contributed by atoms with van der Waals surface area (Å²) in [6, 6.07) is 0.0619. The molecule has 3 rings (SSSR count). The molecule has 0 bridgehead atoms. The Kier molecular flexibility index (Phi) is 3.87. The van der Waals surface area contributed by atoms with Crippen LogP contribution in [0.25, 0.3) is 0 Å². The minimum Gasteiger partial charge on any atom is -0.340 e. The number of hydrogen-bond donors (Lipinski definition) is 2. The summed E-state index contributed by atoms with van der Waals surface area (Å²) in [7, 11) is 0. The number of rotatable bonds is 4. The Bertz CT molecular complexity index is 539. The van der Waals surface area contributed by atoms with Gasteiger partial charge in [0.25, 0.3) is 0 Å². The monoisotopic (exact) mass is 292 g/mol. The minimum atomic E-state index is -0.0184. The number of anilines is 1. The number of amides is 2. The van der Waals surface area contributed by atoms with Crippen molar-refractivity contribution in [1.29, 1.82) is 0 Å². The molecule has 3 N–H and O–H groups in total. The fraction of sp³-hybridized carbons (Fsp3) is 0.692. The predicted octanol–water partition coefficient (Wildman–Crippen LogP) is -0.424. The Morgan fingerprint density at radius 1 is 1.38 bits per heavy atom. The van der Waals surface area contributed by atoms with Crippen molar-refractivity contribution in [2.45, 2.75) is 38.3 Å². The molecule has 2 heterocycles. The number of likely N-dealkylation sites (tertiary alicyclic amines) is 1. The summed E-state index contributed by atoms with van der Waals surface area (Å²) < 4.78 is 1.45. The van der Waals surface area contributed by atoms with E-state index in [1.165, 1.54) is 4.68 Å². The zero-order valence-corrected chi connectivity index (χ0v) is 11.9. The van der Waals surface area contributed by atoms with E-state index in [1.54, 1.807) is 11.1 Å². The summed E-state index contributed by atoms with van der Waals surface area (Å²) >= 11 is 0. The maximum atomic E-state index is 12.2. The Hall–Kier alpha value is -1.96. The van der Waals surface area contributed by atoms with Gasteiger partial charge >= 0.3 is 0 Å². The SMILES string of the molecule is NC1CCCN(C(=O)Cn2cc(NC(=O)C3CC3)nn2)C1. The van der Waals surface area contributed by atoms with Crippen molar-refractivity contribution < 1.29 is 9.59 Å². The zero-order chi connectivity index (χ0) is 14.8. The van der Waals surface area contributed by atoms with E-state index in [1.807, 2.05) is 0 Å². The smallest absolute Gasteiger partial charge is 0.244 e. The molecular weight excluding hydrogens is 272 g/mol. The third-order valence-corrected chi connectivity index (χ3v) is 3.85. The van der Waals surface area contributed by atoms with Gasteiger partial charge in [-0.3, -0.25) is 9.59 Å². The first kappa shape index (κ1) is 14.0. The summed E-state index contributed by atoms with van der Waals surface area (Å²) in [5, 5.41) is 10.4. The van der Waals surface area contributed by atoms with Gasteiger partial charge in [-0.2, -0.15) is 0 Å². The fourth-order valence-corrected chi connectivity index (χ4v) is 2.48. The number of carbonyl (C=O) groups excluding carboxylic acids is 2. The quantitative estimate of drug-likeness (QED) is 0.783. The molecule has 8 nitrogen and oxygen atoms in total. The van der Waals surface area contributed by atoms with Crippen molar-refractivity contribution in [2.24, 2.45) is 11.7 Å². The molecule has 2 aliphatic rings. The molecule has 1 saturated heterocycles. The molecule has 1 aromatic rings. The number of nitrogens with one attached hydrogen (secondary N) is 1. The Morgan fingerprint density at radius 3 is 2.90 bits per heavy atom. The Morgan fingerprint density at radius 2 is 2.19 bits per heavy atom. The average molecular weight is 292 g/mol. The van der Waals surface area contributed by atoms with Gasteiger partial charge in [-0.05, 0) is 25.7 Å². The molecule has 1 aliphatic carbocycles. The Labute approximate surface area is 122 Å². The van der Waals surface area contributed by atoms with Crippen molar-refractivity contribution in [1.82, 2.24) is 19.9 Å². The van der Waals surface area contributed by atoms with Crippen LogP contribution in [0.15, 0.2) is 6.20 Å². The van der Waals surface area contributed by atoms with Crippen LogP contribution in [0.4, 0.5) is 5.82 Å². The molecule has 8 heteroatoms. The van der Waals surface area contributed by atoms with Gasteiger partial charge in [-0.25, -0.2) is 4.68 Å². The summed E-state index contributed by atoms with van der Waals surface area (Å²) in [4.78, 5) is 25.5. The van der Waals surface area contributed by atoms with E-state index in [9.17, 15) is 9.59 Å². The van der Waals surface area contributed by atoms with Crippen LogP contribution in [0.1, 0.15) is 25.7 Å². The van der Waals surface area contributed by atoms with E-state index in [2.05, 4.69) is 15.6 Å². The lowest BCUT2D eigenvalue weighted by atomic mass is 10.1. The highest BCUT2D eigenvalue weighted by atomic mass is 16.2. The van der Waals surface area contributed by atoms with E-state index in [0.29, 0.717) is 12.4 Å². The lowest BCUT2D eigenvalue weighted by molar-refractivity contribution is -0.133. The van der Waals surface area contributed by atoms with Gasteiger partial charge in [0.2, 0.25) is 11.8 Å². The summed E-state index contributed by atoms with van der Waals surface area (Å²) in [6.45, 7) is 1.46. The highest BCUT2D eigenvalue weighted by molar-refractivity contribution is 5.93. The molecule has 114 valence electrons. The van der Waals surface area contributed by atoms with Crippen LogP contribution in [-0.2, 0) is 16.1 Å².